The number of hydrogen-bond acceptors (Lipinski definition) is 2. The van der Waals surface area contributed by atoms with Gasteiger partial charge in [0.2, 0.25) is 0 Å². The molecular weight excluding hydrogens is 219 g/mol. The lowest BCUT2D eigenvalue weighted by Gasteiger charge is -2.45. The first-order chi connectivity index (χ1) is 7.46. The van der Waals surface area contributed by atoms with Crippen LogP contribution in [0.1, 0.15) is 38.5 Å². The number of alkyl halides is 3. The van der Waals surface area contributed by atoms with Crippen molar-refractivity contribution in [3.63, 3.8) is 0 Å². The molecule has 0 aliphatic carbocycles. The zero-order valence-electron chi connectivity index (χ0n) is 9.09. The third kappa shape index (κ3) is 2.75. The lowest BCUT2D eigenvalue weighted by Crippen LogP contribution is -2.53. The van der Waals surface area contributed by atoms with E-state index in [0.29, 0.717) is 12.8 Å². The number of piperidine rings is 2. The molecule has 0 radical (unpaired) electrons. The summed E-state index contributed by atoms with van der Waals surface area (Å²) in [5.74, 6) is 0.220. The summed E-state index contributed by atoms with van der Waals surface area (Å²) < 4.78 is 36.5. The molecule has 2 unspecified atom stereocenters. The number of halogens is 3. The predicted octanol–water partition coefficient (Wildman–Crippen LogP) is 2.52. The number of nitrogens with zero attached hydrogens (tertiary/aromatic N) is 1. The maximum atomic E-state index is 12.2. The van der Waals surface area contributed by atoms with Gasteiger partial charge in [0.1, 0.15) is 5.78 Å². The largest absolute Gasteiger partial charge is 0.390 e. The number of carbonyl (C=O) groups excluding carboxylic acids is 1. The molecule has 2 atom stereocenters. The Morgan fingerprint density at radius 2 is 1.75 bits per heavy atom. The van der Waals surface area contributed by atoms with Crippen molar-refractivity contribution in [1.82, 2.24) is 4.90 Å². The van der Waals surface area contributed by atoms with E-state index in [-0.39, 0.29) is 24.4 Å². The molecule has 2 bridgehead atoms. The van der Waals surface area contributed by atoms with Crippen LogP contribution >= 0.6 is 0 Å². The maximum absolute atomic E-state index is 12.2. The molecule has 2 nitrogen and oxygen atoms in total. The van der Waals surface area contributed by atoms with Crippen molar-refractivity contribution in [1.29, 1.82) is 0 Å². The minimum Gasteiger partial charge on any atom is -0.300 e. The Morgan fingerprint density at radius 1 is 1.19 bits per heavy atom. The van der Waals surface area contributed by atoms with Gasteiger partial charge in [-0.1, -0.05) is 6.42 Å². The fourth-order valence-corrected chi connectivity index (χ4v) is 2.89. The molecule has 0 aromatic carbocycles. The molecule has 2 fully saturated rings. The molecule has 0 aromatic rings. The summed E-state index contributed by atoms with van der Waals surface area (Å²) in [7, 11) is 0. The molecule has 2 heterocycles. The molecule has 0 N–H and O–H groups in total. The Balaban J connectivity index is 1.96. The molecule has 92 valence electrons. The van der Waals surface area contributed by atoms with Crippen LogP contribution in [0.15, 0.2) is 0 Å². The van der Waals surface area contributed by atoms with Gasteiger partial charge in [-0.25, -0.2) is 0 Å². The molecule has 2 aliphatic heterocycles. The zero-order valence-corrected chi connectivity index (χ0v) is 9.09. The first-order valence-electron chi connectivity index (χ1n) is 5.80. The molecule has 0 spiro atoms. The quantitative estimate of drug-likeness (QED) is 0.733. The highest BCUT2D eigenvalue weighted by atomic mass is 19.4. The molecular formula is C11H16F3NO. The minimum atomic E-state index is -4.09. The smallest absolute Gasteiger partial charge is 0.300 e. The molecule has 0 amide bonds. The number of rotatable bonds is 2. The van der Waals surface area contributed by atoms with E-state index in [1.165, 1.54) is 0 Å². The number of carbonyl (C=O) groups is 1. The van der Waals surface area contributed by atoms with E-state index in [1.807, 2.05) is 4.90 Å². The standard InChI is InChI=1S/C11H16F3NO/c12-11(13,14)4-5-15-8-2-1-3-9(15)7-10(16)6-8/h8-9H,1-7H2. The van der Waals surface area contributed by atoms with Gasteiger partial charge in [-0.15, -0.1) is 0 Å². The van der Waals surface area contributed by atoms with Crippen molar-refractivity contribution in [2.45, 2.75) is 56.8 Å². The SMILES string of the molecule is O=C1CC2CCCC(C1)N2CCC(F)(F)F. The van der Waals surface area contributed by atoms with Crippen molar-refractivity contribution in [3.05, 3.63) is 0 Å². The van der Waals surface area contributed by atoms with Crippen LogP contribution in [0.2, 0.25) is 0 Å². The predicted molar refractivity (Wildman–Crippen MR) is 53.0 cm³/mol. The Labute approximate surface area is 92.8 Å². The van der Waals surface area contributed by atoms with Crippen LogP contribution in [-0.4, -0.2) is 35.5 Å². The lowest BCUT2D eigenvalue weighted by molar-refractivity contribution is -0.145. The van der Waals surface area contributed by atoms with Crippen LogP contribution in [0.25, 0.3) is 0 Å². The van der Waals surface area contributed by atoms with Crippen molar-refractivity contribution < 1.29 is 18.0 Å². The zero-order chi connectivity index (χ0) is 11.8. The van der Waals surface area contributed by atoms with Crippen LogP contribution in [0.3, 0.4) is 0 Å². The van der Waals surface area contributed by atoms with Crippen molar-refractivity contribution >= 4 is 5.78 Å². The third-order valence-corrected chi connectivity index (χ3v) is 3.59. The second-order valence-electron chi connectivity index (χ2n) is 4.79. The highest BCUT2D eigenvalue weighted by Gasteiger charge is 2.39. The summed E-state index contributed by atoms with van der Waals surface area (Å²) in [5, 5.41) is 0. The fourth-order valence-electron chi connectivity index (χ4n) is 2.89. The highest BCUT2D eigenvalue weighted by Crippen LogP contribution is 2.33. The molecule has 5 heteroatoms. The number of ketones is 1. The summed E-state index contributed by atoms with van der Waals surface area (Å²) in [5.41, 5.74) is 0. The maximum Gasteiger partial charge on any atom is 0.390 e. The lowest BCUT2D eigenvalue weighted by atomic mass is 9.83. The van der Waals surface area contributed by atoms with Gasteiger partial charge in [0.25, 0.3) is 0 Å². The Hall–Kier alpha value is -0.580. The molecule has 0 saturated carbocycles. The van der Waals surface area contributed by atoms with E-state index in [0.717, 1.165) is 19.3 Å². The summed E-state index contributed by atoms with van der Waals surface area (Å²) in [6, 6.07) is 0.143. The van der Waals surface area contributed by atoms with Crippen LogP contribution in [0, 0.1) is 0 Å². The summed E-state index contributed by atoms with van der Waals surface area (Å²) in [6.45, 7) is 0.0616. The summed E-state index contributed by atoms with van der Waals surface area (Å²) in [4.78, 5) is 13.3. The van der Waals surface area contributed by atoms with Crippen LogP contribution in [0.4, 0.5) is 13.2 Å². The summed E-state index contributed by atoms with van der Waals surface area (Å²) in [6.07, 6.45) is -1.14. The van der Waals surface area contributed by atoms with Gasteiger partial charge >= 0.3 is 6.18 Å². The highest BCUT2D eigenvalue weighted by molar-refractivity contribution is 5.80. The Kier molecular flexibility index (Phi) is 3.24. The van der Waals surface area contributed by atoms with E-state index in [4.69, 9.17) is 0 Å². The minimum absolute atomic E-state index is 0.0616. The number of hydrogen-bond donors (Lipinski definition) is 0. The molecule has 2 rings (SSSR count). The van der Waals surface area contributed by atoms with Gasteiger partial charge < -0.3 is 0 Å². The Bertz CT molecular complexity index is 261. The third-order valence-electron chi connectivity index (χ3n) is 3.59. The van der Waals surface area contributed by atoms with E-state index in [1.54, 1.807) is 0 Å². The van der Waals surface area contributed by atoms with Gasteiger partial charge in [0.15, 0.2) is 0 Å². The molecule has 16 heavy (non-hydrogen) atoms. The second kappa shape index (κ2) is 4.35. The Morgan fingerprint density at radius 3 is 2.25 bits per heavy atom. The summed E-state index contributed by atoms with van der Waals surface area (Å²) >= 11 is 0. The van der Waals surface area contributed by atoms with E-state index >= 15 is 0 Å². The van der Waals surface area contributed by atoms with Crippen LogP contribution in [0.5, 0.6) is 0 Å². The average molecular weight is 235 g/mol. The van der Waals surface area contributed by atoms with Crippen molar-refractivity contribution in [3.8, 4) is 0 Å². The van der Waals surface area contributed by atoms with Crippen LogP contribution < -0.4 is 0 Å². The normalized spacial score (nSPS) is 31.8. The van der Waals surface area contributed by atoms with Gasteiger partial charge in [0, 0.05) is 31.5 Å². The topological polar surface area (TPSA) is 20.3 Å². The first kappa shape index (κ1) is 11.9. The molecule has 0 aromatic heterocycles. The number of fused-ring (bicyclic) bond motifs is 2. The van der Waals surface area contributed by atoms with Crippen LogP contribution in [-0.2, 0) is 4.79 Å². The average Bonchev–Trinajstić information content (AvgIpc) is 2.12. The van der Waals surface area contributed by atoms with E-state index in [2.05, 4.69) is 0 Å². The first-order valence-corrected chi connectivity index (χ1v) is 5.80. The molecule has 2 saturated heterocycles. The van der Waals surface area contributed by atoms with E-state index in [9.17, 15) is 18.0 Å². The van der Waals surface area contributed by atoms with E-state index < -0.39 is 12.6 Å². The van der Waals surface area contributed by atoms with Crippen molar-refractivity contribution in [2.24, 2.45) is 0 Å². The second-order valence-corrected chi connectivity index (χ2v) is 4.79. The monoisotopic (exact) mass is 235 g/mol. The van der Waals surface area contributed by atoms with Gasteiger partial charge in [0.05, 0.1) is 6.42 Å². The van der Waals surface area contributed by atoms with Gasteiger partial charge in [-0.05, 0) is 12.8 Å². The van der Waals surface area contributed by atoms with Crippen molar-refractivity contribution in [2.75, 3.05) is 6.54 Å². The van der Waals surface area contributed by atoms with Gasteiger partial charge in [-0.2, -0.15) is 13.2 Å². The van der Waals surface area contributed by atoms with Gasteiger partial charge in [-0.3, -0.25) is 9.69 Å². The fraction of sp³-hybridized carbons (Fsp3) is 0.909. The number of Topliss-reactive ketones (excluding diaryl/α,β-unsaturated/α-hetero) is 1. The molecule has 2 aliphatic rings.